The molecule has 23 heavy (non-hydrogen) atoms. The second-order valence-electron chi connectivity index (χ2n) is 5.63. The summed E-state index contributed by atoms with van der Waals surface area (Å²) in [7, 11) is 0. The summed E-state index contributed by atoms with van der Waals surface area (Å²) in [6.45, 7) is 2.59. The van der Waals surface area contributed by atoms with Gasteiger partial charge in [-0.25, -0.2) is 0 Å². The Hall–Kier alpha value is -1.90. The van der Waals surface area contributed by atoms with E-state index in [9.17, 15) is 4.79 Å². The van der Waals surface area contributed by atoms with Crippen molar-refractivity contribution in [2.24, 2.45) is 5.73 Å². The molecule has 0 spiro atoms. The third-order valence-corrected chi connectivity index (χ3v) is 4.53. The van der Waals surface area contributed by atoms with Crippen LogP contribution in [0.15, 0.2) is 9.68 Å². The maximum Gasteiger partial charge on any atom is 0.237 e. The SMILES string of the molecule is CCCc1noc(CSc2nnc(C3CC3)n2CCC(N)=O)n1. The predicted molar refractivity (Wildman–Crippen MR) is 83.7 cm³/mol. The molecule has 8 nitrogen and oxygen atoms in total. The summed E-state index contributed by atoms with van der Waals surface area (Å²) in [5.74, 6) is 2.94. The molecular weight excluding hydrogens is 316 g/mol. The number of carbonyl (C=O) groups excluding carboxylic acids is 1. The van der Waals surface area contributed by atoms with Crippen LogP contribution in [0, 0.1) is 0 Å². The van der Waals surface area contributed by atoms with Crippen molar-refractivity contribution in [3.8, 4) is 0 Å². The molecule has 1 aliphatic carbocycles. The first-order valence-corrected chi connectivity index (χ1v) is 8.81. The summed E-state index contributed by atoms with van der Waals surface area (Å²) >= 11 is 1.49. The van der Waals surface area contributed by atoms with E-state index in [1.165, 1.54) is 11.8 Å². The summed E-state index contributed by atoms with van der Waals surface area (Å²) in [5, 5.41) is 13.2. The zero-order valence-corrected chi connectivity index (χ0v) is 13.9. The Morgan fingerprint density at radius 2 is 2.26 bits per heavy atom. The lowest BCUT2D eigenvalue weighted by Crippen LogP contribution is -2.15. The Morgan fingerprint density at radius 3 is 2.96 bits per heavy atom. The van der Waals surface area contributed by atoms with Gasteiger partial charge < -0.3 is 14.8 Å². The van der Waals surface area contributed by atoms with E-state index in [1.54, 1.807) is 0 Å². The van der Waals surface area contributed by atoms with E-state index >= 15 is 0 Å². The topological polar surface area (TPSA) is 113 Å². The van der Waals surface area contributed by atoms with Crippen LogP contribution < -0.4 is 5.73 Å². The van der Waals surface area contributed by atoms with Gasteiger partial charge in [-0.3, -0.25) is 4.79 Å². The third-order valence-electron chi connectivity index (χ3n) is 3.58. The van der Waals surface area contributed by atoms with Gasteiger partial charge in [-0.1, -0.05) is 23.8 Å². The van der Waals surface area contributed by atoms with Gasteiger partial charge >= 0.3 is 0 Å². The van der Waals surface area contributed by atoms with Crippen molar-refractivity contribution in [2.75, 3.05) is 0 Å². The molecule has 9 heteroatoms. The number of nitrogens with zero attached hydrogens (tertiary/aromatic N) is 5. The summed E-state index contributed by atoms with van der Waals surface area (Å²) < 4.78 is 7.23. The zero-order valence-electron chi connectivity index (χ0n) is 13.1. The lowest BCUT2D eigenvalue weighted by atomic mass is 10.3. The molecule has 2 N–H and O–H groups in total. The van der Waals surface area contributed by atoms with E-state index in [4.69, 9.17) is 10.3 Å². The van der Waals surface area contributed by atoms with Gasteiger partial charge in [0.1, 0.15) is 5.82 Å². The number of aromatic nitrogens is 5. The van der Waals surface area contributed by atoms with Gasteiger partial charge in [0.05, 0.1) is 5.75 Å². The fourth-order valence-electron chi connectivity index (χ4n) is 2.28. The Morgan fingerprint density at radius 1 is 1.43 bits per heavy atom. The summed E-state index contributed by atoms with van der Waals surface area (Å²) in [6, 6.07) is 0. The van der Waals surface area contributed by atoms with Gasteiger partial charge in [-0.05, 0) is 19.3 Å². The van der Waals surface area contributed by atoms with E-state index in [-0.39, 0.29) is 12.3 Å². The van der Waals surface area contributed by atoms with Gasteiger partial charge in [-0.15, -0.1) is 10.2 Å². The van der Waals surface area contributed by atoms with Gasteiger partial charge in [0.15, 0.2) is 11.0 Å². The van der Waals surface area contributed by atoms with E-state index in [0.29, 0.717) is 24.1 Å². The van der Waals surface area contributed by atoms with Crippen molar-refractivity contribution in [1.29, 1.82) is 0 Å². The zero-order chi connectivity index (χ0) is 16.2. The molecule has 0 bridgehead atoms. The molecule has 1 fully saturated rings. The standard InChI is InChI=1S/C14H20N6O2S/c1-2-3-11-16-12(22-19-11)8-23-14-18-17-13(9-4-5-9)20(14)7-6-10(15)21/h9H,2-8H2,1H3,(H2,15,21). The number of rotatable bonds is 9. The Kier molecular flexibility index (Phi) is 4.94. The normalized spacial score (nSPS) is 14.3. The van der Waals surface area contributed by atoms with Crippen LogP contribution in [0.25, 0.3) is 0 Å². The monoisotopic (exact) mass is 336 g/mol. The Bertz CT molecular complexity index is 679. The lowest BCUT2D eigenvalue weighted by molar-refractivity contribution is -0.118. The molecule has 0 saturated heterocycles. The molecular formula is C14H20N6O2S. The van der Waals surface area contributed by atoms with E-state index < -0.39 is 0 Å². The van der Waals surface area contributed by atoms with Crippen molar-refractivity contribution in [3.05, 3.63) is 17.5 Å². The lowest BCUT2D eigenvalue weighted by Gasteiger charge is -2.07. The molecule has 1 saturated carbocycles. The van der Waals surface area contributed by atoms with Gasteiger partial charge in [0.2, 0.25) is 11.8 Å². The average Bonchev–Trinajstić information content (AvgIpc) is 3.13. The molecule has 0 unspecified atom stereocenters. The number of hydrogen-bond donors (Lipinski definition) is 1. The van der Waals surface area contributed by atoms with Gasteiger partial charge in [-0.2, -0.15) is 4.98 Å². The highest BCUT2D eigenvalue weighted by molar-refractivity contribution is 7.98. The quantitative estimate of drug-likeness (QED) is 0.693. The highest BCUT2D eigenvalue weighted by Gasteiger charge is 2.30. The van der Waals surface area contributed by atoms with Crippen LogP contribution in [0.5, 0.6) is 0 Å². The van der Waals surface area contributed by atoms with Crippen LogP contribution in [-0.2, 0) is 23.5 Å². The maximum absolute atomic E-state index is 11.1. The number of carbonyl (C=O) groups is 1. The molecule has 2 aromatic rings. The van der Waals surface area contributed by atoms with Crippen LogP contribution in [0.3, 0.4) is 0 Å². The molecule has 124 valence electrons. The predicted octanol–water partition coefficient (Wildman–Crippen LogP) is 1.66. The van der Waals surface area contributed by atoms with E-state index in [0.717, 1.165) is 42.5 Å². The van der Waals surface area contributed by atoms with Crippen LogP contribution >= 0.6 is 11.8 Å². The molecule has 1 aliphatic rings. The molecule has 0 radical (unpaired) electrons. The summed E-state index contributed by atoms with van der Waals surface area (Å²) in [6.07, 6.45) is 4.34. The van der Waals surface area contributed by atoms with Crippen molar-refractivity contribution in [2.45, 2.75) is 62.4 Å². The summed E-state index contributed by atoms with van der Waals surface area (Å²) in [5.41, 5.74) is 5.26. The smallest absolute Gasteiger partial charge is 0.237 e. The first-order valence-electron chi connectivity index (χ1n) is 7.83. The third kappa shape index (κ3) is 4.10. The number of primary amides is 1. The van der Waals surface area contributed by atoms with Crippen LogP contribution in [0.1, 0.15) is 56.1 Å². The van der Waals surface area contributed by atoms with Crippen LogP contribution in [0.4, 0.5) is 0 Å². The van der Waals surface area contributed by atoms with Crippen molar-refractivity contribution < 1.29 is 9.32 Å². The number of aryl methyl sites for hydroxylation is 1. The van der Waals surface area contributed by atoms with Crippen molar-refractivity contribution in [3.63, 3.8) is 0 Å². The first kappa shape index (κ1) is 16.0. The van der Waals surface area contributed by atoms with Crippen LogP contribution in [0.2, 0.25) is 0 Å². The molecule has 1 amide bonds. The number of thioether (sulfide) groups is 1. The van der Waals surface area contributed by atoms with Gasteiger partial charge in [0.25, 0.3) is 0 Å². The maximum atomic E-state index is 11.1. The fourth-order valence-corrected chi connectivity index (χ4v) is 3.09. The minimum atomic E-state index is -0.322. The Balaban J connectivity index is 1.67. The Labute approximate surface area is 138 Å². The molecule has 0 atom stereocenters. The summed E-state index contributed by atoms with van der Waals surface area (Å²) in [4.78, 5) is 15.4. The van der Waals surface area contributed by atoms with Gasteiger partial charge in [0, 0.05) is 25.3 Å². The number of amides is 1. The molecule has 0 aromatic carbocycles. The first-order chi connectivity index (χ1) is 11.2. The number of nitrogens with two attached hydrogens (primary N) is 1. The minimum Gasteiger partial charge on any atom is -0.370 e. The van der Waals surface area contributed by atoms with Crippen molar-refractivity contribution >= 4 is 17.7 Å². The highest BCUT2D eigenvalue weighted by Crippen LogP contribution is 2.40. The highest BCUT2D eigenvalue weighted by atomic mass is 32.2. The minimum absolute atomic E-state index is 0.284. The molecule has 2 aromatic heterocycles. The molecule has 2 heterocycles. The largest absolute Gasteiger partial charge is 0.370 e. The molecule has 0 aliphatic heterocycles. The average molecular weight is 336 g/mol. The molecule has 3 rings (SSSR count). The second-order valence-corrected chi connectivity index (χ2v) is 6.57. The number of hydrogen-bond acceptors (Lipinski definition) is 7. The van der Waals surface area contributed by atoms with Crippen molar-refractivity contribution in [1.82, 2.24) is 24.9 Å². The van der Waals surface area contributed by atoms with E-state index in [2.05, 4.69) is 27.3 Å². The van der Waals surface area contributed by atoms with E-state index in [1.807, 2.05) is 4.57 Å². The fraction of sp³-hybridized carbons (Fsp3) is 0.643. The van der Waals surface area contributed by atoms with Crippen LogP contribution in [-0.4, -0.2) is 30.8 Å². The second kappa shape index (κ2) is 7.12.